The molecule has 0 saturated carbocycles. The van der Waals surface area contributed by atoms with Gasteiger partial charge in [-0.3, -0.25) is 4.79 Å². The maximum absolute atomic E-state index is 12.6. The van der Waals surface area contributed by atoms with Crippen molar-refractivity contribution in [3.8, 4) is 0 Å². The van der Waals surface area contributed by atoms with Gasteiger partial charge in [-0.2, -0.15) is 0 Å². The van der Waals surface area contributed by atoms with Crippen molar-refractivity contribution in [3.63, 3.8) is 0 Å². The van der Waals surface area contributed by atoms with Crippen LogP contribution in [0.15, 0.2) is 48.5 Å². The molecule has 27 heavy (non-hydrogen) atoms. The number of amides is 1. The van der Waals surface area contributed by atoms with Gasteiger partial charge < -0.3 is 15.1 Å². The monoisotopic (exact) mass is 386 g/mol. The zero-order valence-corrected chi connectivity index (χ0v) is 16.9. The third-order valence-electron chi connectivity index (χ3n) is 5.45. The molecule has 0 spiro atoms. The smallest absolute Gasteiger partial charge is 0.279 e. The van der Waals surface area contributed by atoms with Crippen LogP contribution in [-0.2, 0) is 4.79 Å². The van der Waals surface area contributed by atoms with E-state index in [4.69, 9.17) is 11.6 Å². The number of anilines is 2. The molecule has 1 saturated heterocycles. The number of piperazine rings is 1. The fourth-order valence-corrected chi connectivity index (χ4v) is 3.89. The molecule has 5 heteroatoms. The molecule has 1 aliphatic heterocycles. The van der Waals surface area contributed by atoms with Gasteiger partial charge in [-0.15, -0.1) is 0 Å². The van der Waals surface area contributed by atoms with Gasteiger partial charge >= 0.3 is 0 Å². The summed E-state index contributed by atoms with van der Waals surface area (Å²) in [5, 5.41) is 3.92. The second kappa shape index (κ2) is 9.25. The van der Waals surface area contributed by atoms with Crippen LogP contribution >= 0.6 is 11.6 Å². The van der Waals surface area contributed by atoms with Crippen LogP contribution in [0, 0.1) is 0 Å². The molecule has 0 radical (unpaired) electrons. The van der Waals surface area contributed by atoms with E-state index >= 15 is 0 Å². The molecule has 1 fully saturated rings. The van der Waals surface area contributed by atoms with E-state index in [2.05, 4.69) is 36.2 Å². The van der Waals surface area contributed by atoms with E-state index < -0.39 is 0 Å². The fraction of sp³-hybridized carbons (Fsp3) is 0.409. The molecule has 1 atom stereocenters. The average molecular weight is 387 g/mol. The zero-order chi connectivity index (χ0) is 19.2. The first kappa shape index (κ1) is 19.7. The van der Waals surface area contributed by atoms with Crippen molar-refractivity contribution in [1.29, 1.82) is 0 Å². The van der Waals surface area contributed by atoms with Crippen LogP contribution < -0.4 is 15.1 Å². The van der Waals surface area contributed by atoms with Gasteiger partial charge in [-0.1, -0.05) is 55.8 Å². The van der Waals surface area contributed by atoms with Crippen molar-refractivity contribution in [2.45, 2.75) is 26.2 Å². The van der Waals surface area contributed by atoms with Crippen molar-refractivity contribution in [3.05, 3.63) is 59.1 Å². The molecule has 2 N–H and O–H groups in total. The number of rotatable bonds is 6. The first-order chi connectivity index (χ1) is 13.1. The van der Waals surface area contributed by atoms with Crippen LogP contribution in [-0.4, -0.2) is 38.6 Å². The van der Waals surface area contributed by atoms with Gasteiger partial charge in [-0.05, 0) is 36.1 Å². The Balaban J connectivity index is 1.54. The summed E-state index contributed by atoms with van der Waals surface area (Å²) in [6.45, 7) is 8.57. The highest BCUT2D eigenvalue weighted by Gasteiger charge is 2.23. The van der Waals surface area contributed by atoms with Crippen molar-refractivity contribution in [2.24, 2.45) is 0 Å². The third-order valence-corrected chi connectivity index (χ3v) is 5.77. The van der Waals surface area contributed by atoms with Crippen LogP contribution in [0.3, 0.4) is 0 Å². The molecule has 4 nitrogen and oxygen atoms in total. The van der Waals surface area contributed by atoms with Crippen molar-refractivity contribution in [1.82, 2.24) is 0 Å². The van der Waals surface area contributed by atoms with Gasteiger partial charge in [0.05, 0.1) is 36.9 Å². The molecule has 0 aromatic heterocycles. The Morgan fingerprint density at radius 3 is 2.52 bits per heavy atom. The number of hydrogen-bond donors (Lipinski definition) is 2. The van der Waals surface area contributed by atoms with E-state index in [0.29, 0.717) is 12.5 Å². The number of benzene rings is 2. The summed E-state index contributed by atoms with van der Waals surface area (Å²) in [5.41, 5.74) is 3.25. The number of carbonyl (C=O) groups is 1. The molecular weight excluding hydrogens is 358 g/mol. The lowest BCUT2D eigenvalue weighted by Gasteiger charge is -2.33. The van der Waals surface area contributed by atoms with Crippen LogP contribution in [0.5, 0.6) is 0 Å². The molecule has 1 amide bonds. The molecule has 1 aliphatic rings. The minimum Gasteiger partial charge on any atom is -0.359 e. The zero-order valence-electron chi connectivity index (χ0n) is 16.2. The van der Waals surface area contributed by atoms with Crippen LogP contribution in [0.2, 0.25) is 5.02 Å². The predicted octanol–water partition coefficient (Wildman–Crippen LogP) is 3.20. The fourth-order valence-electron chi connectivity index (χ4n) is 3.63. The van der Waals surface area contributed by atoms with Gasteiger partial charge in [0.15, 0.2) is 6.54 Å². The minimum absolute atomic E-state index is 0.0898. The van der Waals surface area contributed by atoms with Crippen LogP contribution in [0.4, 0.5) is 11.4 Å². The summed E-state index contributed by atoms with van der Waals surface area (Å²) in [6.07, 6.45) is 1.06. The van der Waals surface area contributed by atoms with Gasteiger partial charge in [0.2, 0.25) is 0 Å². The summed E-state index contributed by atoms with van der Waals surface area (Å²) in [7, 11) is 0. The predicted molar refractivity (Wildman–Crippen MR) is 113 cm³/mol. The highest BCUT2D eigenvalue weighted by atomic mass is 35.5. The summed E-state index contributed by atoms with van der Waals surface area (Å²) >= 11 is 6.31. The number of hydrogen-bond acceptors (Lipinski definition) is 2. The maximum Gasteiger partial charge on any atom is 0.279 e. The Kier molecular flexibility index (Phi) is 6.75. The molecule has 0 bridgehead atoms. The second-order valence-corrected chi connectivity index (χ2v) is 7.72. The number of para-hydroxylation sites is 2. The largest absolute Gasteiger partial charge is 0.359 e. The molecule has 0 unspecified atom stereocenters. The number of nitrogens with zero attached hydrogens (tertiary/aromatic N) is 1. The molecule has 1 heterocycles. The number of quaternary nitrogens is 1. The van der Waals surface area contributed by atoms with E-state index in [1.807, 2.05) is 36.4 Å². The molecule has 0 aliphatic carbocycles. The number of carbonyl (C=O) groups excluding carboxylic acids is 1. The van der Waals surface area contributed by atoms with E-state index in [9.17, 15) is 4.79 Å². The molecule has 2 aromatic carbocycles. The van der Waals surface area contributed by atoms with E-state index in [0.717, 1.165) is 49.0 Å². The molecular formula is C22H29ClN3O+. The molecule has 3 rings (SSSR count). The molecule has 2 aromatic rings. The highest BCUT2D eigenvalue weighted by Crippen LogP contribution is 2.26. The summed E-state index contributed by atoms with van der Waals surface area (Å²) < 4.78 is 0. The quantitative estimate of drug-likeness (QED) is 0.799. The SMILES string of the molecule is CC[C@@H](C)c1ccccc1NC(=O)C[NH+]1CCN(c2ccccc2Cl)CC1. The normalized spacial score (nSPS) is 16.2. The van der Waals surface area contributed by atoms with Crippen LogP contribution in [0.1, 0.15) is 31.7 Å². The van der Waals surface area contributed by atoms with Crippen molar-refractivity contribution >= 4 is 28.9 Å². The Labute approximate surface area is 167 Å². The third kappa shape index (κ3) is 5.02. The van der Waals surface area contributed by atoms with E-state index in [-0.39, 0.29) is 5.91 Å². The summed E-state index contributed by atoms with van der Waals surface area (Å²) in [6, 6.07) is 16.1. The lowest BCUT2D eigenvalue weighted by molar-refractivity contribution is -0.892. The Hall–Kier alpha value is -2.04. The Morgan fingerprint density at radius 2 is 1.81 bits per heavy atom. The lowest BCUT2D eigenvalue weighted by Crippen LogP contribution is -3.15. The summed E-state index contributed by atoms with van der Waals surface area (Å²) in [4.78, 5) is 16.2. The number of nitrogens with one attached hydrogen (secondary N) is 2. The lowest BCUT2D eigenvalue weighted by atomic mass is 9.97. The second-order valence-electron chi connectivity index (χ2n) is 7.31. The standard InChI is InChI=1S/C22H28ClN3O/c1-3-17(2)18-8-4-6-10-20(18)24-22(27)16-25-12-14-26(15-13-25)21-11-7-5-9-19(21)23/h4-11,17H,3,12-16H2,1-2H3,(H,24,27)/p+1/t17-/m1/s1. The van der Waals surface area contributed by atoms with Gasteiger partial charge in [0, 0.05) is 5.69 Å². The van der Waals surface area contributed by atoms with Gasteiger partial charge in [-0.25, -0.2) is 0 Å². The van der Waals surface area contributed by atoms with E-state index in [1.54, 1.807) is 0 Å². The number of halogens is 1. The summed E-state index contributed by atoms with van der Waals surface area (Å²) in [5.74, 6) is 0.528. The van der Waals surface area contributed by atoms with Crippen molar-refractivity contribution < 1.29 is 9.69 Å². The Morgan fingerprint density at radius 1 is 1.15 bits per heavy atom. The topological polar surface area (TPSA) is 36.8 Å². The first-order valence-corrected chi connectivity index (χ1v) is 10.2. The Bertz CT molecular complexity index is 772. The van der Waals surface area contributed by atoms with Gasteiger partial charge in [0.25, 0.3) is 5.91 Å². The first-order valence-electron chi connectivity index (χ1n) is 9.80. The maximum atomic E-state index is 12.6. The van der Waals surface area contributed by atoms with E-state index in [1.165, 1.54) is 10.5 Å². The molecule has 144 valence electrons. The van der Waals surface area contributed by atoms with Crippen LogP contribution in [0.25, 0.3) is 0 Å². The van der Waals surface area contributed by atoms with Crippen molar-refractivity contribution in [2.75, 3.05) is 42.9 Å². The minimum atomic E-state index is 0.0898. The average Bonchev–Trinajstić information content (AvgIpc) is 2.69. The highest BCUT2D eigenvalue weighted by molar-refractivity contribution is 6.33. The van der Waals surface area contributed by atoms with Gasteiger partial charge in [0.1, 0.15) is 0 Å².